The van der Waals surface area contributed by atoms with Gasteiger partial charge in [-0.2, -0.15) is 0 Å². The SMILES string of the molecule is CCOC(=O)C1CCN(C(=O)c2cc3sc(Br)cc3n2CCOc2ccccc2)CC1. The van der Waals surface area contributed by atoms with Crippen molar-refractivity contribution in [3.05, 3.63) is 51.9 Å². The van der Waals surface area contributed by atoms with Gasteiger partial charge in [-0.15, -0.1) is 11.3 Å². The summed E-state index contributed by atoms with van der Waals surface area (Å²) in [6.45, 7) is 4.37. The highest BCUT2D eigenvalue weighted by molar-refractivity contribution is 9.11. The third kappa shape index (κ3) is 4.96. The molecule has 0 N–H and O–H groups in total. The van der Waals surface area contributed by atoms with Crippen LogP contribution in [0.25, 0.3) is 10.2 Å². The van der Waals surface area contributed by atoms with Gasteiger partial charge < -0.3 is 18.9 Å². The van der Waals surface area contributed by atoms with Gasteiger partial charge in [-0.1, -0.05) is 18.2 Å². The molecule has 0 unspecified atom stereocenters. The highest BCUT2D eigenvalue weighted by atomic mass is 79.9. The second kappa shape index (κ2) is 9.87. The Hall–Kier alpha value is -2.32. The number of ether oxygens (including phenoxy) is 2. The van der Waals surface area contributed by atoms with Crippen molar-refractivity contribution < 1.29 is 19.1 Å². The lowest BCUT2D eigenvalue weighted by Crippen LogP contribution is -2.41. The minimum atomic E-state index is -0.151. The van der Waals surface area contributed by atoms with Gasteiger partial charge in [-0.3, -0.25) is 9.59 Å². The van der Waals surface area contributed by atoms with Gasteiger partial charge in [0.2, 0.25) is 0 Å². The van der Waals surface area contributed by atoms with E-state index in [-0.39, 0.29) is 17.8 Å². The van der Waals surface area contributed by atoms with Crippen LogP contribution < -0.4 is 4.74 Å². The second-order valence-electron chi connectivity index (χ2n) is 7.46. The first kappa shape index (κ1) is 21.9. The number of amides is 1. The van der Waals surface area contributed by atoms with E-state index in [0.717, 1.165) is 19.8 Å². The molecular weight excluding hydrogens is 480 g/mol. The zero-order valence-electron chi connectivity index (χ0n) is 17.4. The molecule has 1 saturated heterocycles. The molecule has 6 nitrogen and oxygen atoms in total. The van der Waals surface area contributed by atoms with Crippen molar-refractivity contribution in [1.82, 2.24) is 9.47 Å². The monoisotopic (exact) mass is 504 g/mol. The fraction of sp³-hybridized carbons (Fsp3) is 0.391. The lowest BCUT2D eigenvalue weighted by atomic mass is 9.97. The summed E-state index contributed by atoms with van der Waals surface area (Å²) in [6, 6.07) is 13.7. The molecule has 3 heterocycles. The summed E-state index contributed by atoms with van der Waals surface area (Å²) < 4.78 is 15.2. The van der Waals surface area contributed by atoms with Crippen LogP contribution in [0.2, 0.25) is 0 Å². The first-order valence-electron chi connectivity index (χ1n) is 10.5. The Labute approximate surface area is 193 Å². The number of carbonyl (C=O) groups is 2. The number of carbonyl (C=O) groups excluding carboxylic acids is 2. The molecule has 0 atom stereocenters. The van der Waals surface area contributed by atoms with E-state index in [2.05, 4.69) is 15.9 Å². The Morgan fingerprint density at radius 2 is 1.90 bits per heavy atom. The maximum Gasteiger partial charge on any atom is 0.309 e. The van der Waals surface area contributed by atoms with Crippen LogP contribution in [0, 0.1) is 5.92 Å². The normalized spacial score (nSPS) is 14.7. The molecule has 0 radical (unpaired) electrons. The van der Waals surface area contributed by atoms with Crippen LogP contribution in [0.5, 0.6) is 5.75 Å². The van der Waals surface area contributed by atoms with Crippen molar-refractivity contribution in [1.29, 1.82) is 0 Å². The number of rotatable bonds is 7. The predicted molar refractivity (Wildman–Crippen MR) is 125 cm³/mol. The van der Waals surface area contributed by atoms with Crippen LogP contribution in [-0.2, 0) is 16.1 Å². The lowest BCUT2D eigenvalue weighted by Gasteiger charge is -2.31. The average molecular weight is 505 g/mol. The fourth-order valence-electron chi connectivity index (χ4n) is 3.94. The lowest BCUT2D eigenvalue weighted by molar-refractivity contribution is -0.149. The van der Waals surface area contributed by atoms with Gasteiger partial charge in [-0.25, -0.2) is 0 Å². The molecule has 0 saturated carbocycles. The molecule has 8 heteroatoms. The number of nitrogens with zero attached hydrogens (tertiary/aromatic N) is 2. The molecule has 31 heavy (non-hydrogen) atoms. The highest BCUT2D eigenvalue weighted by Crippen LogP contribution is 2.33. The van der Waals surface area contributed by atoms with Crippen LogP contribution >= 0.6 is 27.3 Å². The Morgan fingerprint density at radius 1 is 1.16 bits per heavy atom. The fourth-order valence-corrected chi connectivity index (χ4v) is 5.51. The van der Waals surface area contributed by atoms with Crippen molar-refractivity contribution in [3.63, 3.8) is 0 Å². The Balaban J connectivity index is 1.48. The second-order valence-corrected chi connectivity index (χ2v) is 9.92. The summed E-state index contributed by atoms with van der Waals surface area (Å²) in [5.74, 6) is 0.545. The van der Waals surface area contributed by atoms with Gasteiger partial charge in [0, 0.05) is 13.1 Å². The van der Waals surface area contributed by atoms with E-state index >= 15 is 0 Å². The summed E-state index contributed by atoms with van der Waals surface area (Å²) in [7, 11) is 0. The topological polar surface area (TPSA) is 60.8 Å². The number of hydrogen-bond donors (Lipinski definition) is 0. The molecule has 3 aromatic rings. The summed E-state index contributed by atoms with van der Waals surface area (Å²) in [6.07, 6.45) is 1.28. The van der Waals surface area contributed by atoms with Crippen LogP contribution in [0.15, 0.2) is 46.3 Å². The first-order chi connectivity index (χ1) is 15.1. The largest absolute Gasteiger partial charge is 0.492 e. The van der Waals surface area contributed by atoms with E-state index in [9.17, 15) is 9.59 Å². The maximum atomic E-state index is 13.3. The van der Waals surface area contributed by atoms with E-state index in [1.165, 1.54) is 0 Å². The molecule has 164 valence electrons. The smallest absolute Gasteiger partial charge is 0.309 e. The van der Waals surface area contributed by atoms with Crippen molar-refractivity contribution in [3.8, 4) is 5.75 Å². The van der Waals surface area contributed by atoms with E-state index in [0.29, 0.717) is 51.4 Å². The number of fused-ring (bicyclic) bond motifs is 1. The van der Waals surface area contributed by atoms with Crippen LogP contribution in [-0.4, -0.2) is 47.6 Å². The molecule has 0 aliphatic carbocycles. The molecule has 0 bridgehead atoms. The van der Waals surface area contributed by atoms with Gasteiger partial charge in [0.1, 0.15) is 18.1 Å². The number of benzene rings is 1. The number of likely N-dealkylation sites (tertiary alicyclic amines) is 1. The van der Waals surface area contributed by atoms with E-state index in [1.54, 1.807) is 11.3 Å². The van der Waals surface area contributed by atoms with Crippen molar-refractivity contribution >= 4 is 49.4 Å². The van der Waals surface area contributed by atoms with Crippen molar-refractivity contribution in [2.75, 3.05) is 26.3 Å². The Kier molecular flexibility index (Phi) is 6.97. The molecule has 2 aromatic heterocycles. The molecule has 1 aromatic carbocycles. The van der Waals surface area contributed by atoms with Gasteiger partial charge in [0.25, 0.3) is 5.91 Å². The molecule has 1 aliphatic heterocycles. The van der Waals surface area contributed by atoms with Crippen LogP contribution in [0.1, 0.15) is 30.3 Å². The number of para-hydroxylation sites is 1. The number of hydrogen-bond acceptors (Lipinski definition) is 5. The number of esters is 1. The number of thiophene rings is 1. The highest BCUT2D eigenvalue weighted by Gasteiger charge is 2.30. The van der Waals surface area contributed by atoms with E-state index in [4.69, 9.17) is 9.47 Å². The summed E-state index contributed by atoms with van der Waals surface area (Å²) in [5.41, 5.74) is 1.69. The first-order valence-corrected chi connectivity index (χ1v) is 12.1. The molecule has 4 rings (SSSR count). The summed E-state index contributed by atoms with van der Waals surface area (Å²) >= 11 is 5.16. The number of piperidine rings is 1. The Morgan fingerprint density at radius 3 is 2.61 bits per heavy atom. The number of aromatic nitrogens is 1. The van der Waals surface area contributed by atoms with Gasteiger partial charge in [-0.05, 0) is 60.0 Å². The average Bonchev–Trinajstić information content (AvgIpc) is 3.31. The zero-order chi connectivity index (χ0) is 21.8. The standard InChI is InChI=1S/C23H25BrN2O4S/c1-2-29-23(28)16-8-10-25(11-9-16)22(27)19-14-20-18(15-21(24)31-20)26(19)12-13-30-17-6-4-3-5-7-17/h3-7,14-16H,2,8-13H2,1H3. The van der Waals surface area contributed by atoms with Gasteiger partial charge in [0.05, 0.1) is 33.1 Å². The minimum absolute atomic E-state index is 0.00143. The van der Waals surface area contributed by atoms with E-state index in [1.807, 2.05) is 58.9 Å². The van der Waals surface area contributed by atoms with E-state index < -0.39 is 0 Å². The molecule has 1 aliphatic rings. The minimum Gasteiger partial charge on any atom is -0.492 e. The third-order valence-corrected chi connectivity index (χ3v) is 7.08. The summed E-state index contributed by atoms with van der Waals surface area (Å²) in [5, 5.41) is 0. The predicted octanol–water partition coefficient (Wildman–Crippen LogP) is 4.96. The van der Waals surface area contributed by atoms with Crippen molar-refractivity contribution in [2.45, 2.75) is 26.3 Å². The maximum absolute atomic E-state index is 13.3. The number of halogens is 1. The van der Waals surface area contributed by atoms with Gasteiger partial charge in [0.15, 0.2) is 0 Å². The van der Waals surface area contributed by atoms with Gasteiger partial charge >= 0.3 is 5.97 Å². The molecule has 1 amide bonds. The zero-order valence-corrected chi connectivity index (χ0v) is 19.8. The quantitative estimate of drug-likeness (QED) is 0.426. The third-order valence-electron chi connectivity index (χ3n) is 5.51. The van der Waals surface area contributed by atoms with Crippen LogP contribution in [0.3, 0.4) is 0 Å². The molecule has 0 spiro atoms. The van der Waals surface area contributed by atoms with Crippen LogP contribution in [0.4, 0.5) is 0 Å². The Bertz CT molecular complexity index is 1050. The molecule has 1 fully saturated rings. The van der Waals surface area contributed by atoms with Crippen molar-refractivity contribution in [2.24, 2.45) is 5.92 Å². The molecular formula is C23H25BrN2O4S. The summed E-state index contributed by atoms with van der Waals surface area (Å²) in [4.78, 5) is 27.2.